The van der Waals surface area contributed by atoms with Crippen LogP contribution in [0.4, 0.5) is 0 Å². The van der Waals surface area contributed by atoms with E-state index in [1.54, 1.807) is 12.1 Å². The molecule has 0 heterocycles. The molecule has 2 rings (SSSR count). The van der Waals surface area contributed by atoms with Crippen molar-refractivity contribution >= 4 is 24.6 Å². The summed E-state index contributed by atoms with van der Waals surface area (Å²) in [5.74, 6) is -1.80. The van der Waals surface area contributed by atoms with Crippen molar-refractivity contribution in [3.8, 4) is 11.1 Å². The van der Waals surface area contributed by atoms with Gasteiger partial charge in [-0.25, -0.2) is 4.79 Å². The lowest BCUT2D eigenvalue weighted by Crippen LogP contribution is -2.17. The van der Waals surface area contributed by atoms with Gasteiger partial charge in [0.25, 0.3) is 0 Å². The van der Waals surface area contributed by atoms with E-state index in [0.717, 1.165) is 11.1 Å². The number of carboxylic acids is 2. The van der Waals surface area contributed by atoms with Gasteiger partial charge in [-0.15, -0.1) is 0 Å². The molecule has 126 valence electrons. The number of aromatic carboxylic acids is 1. The minimum atomic E-state index is -1.02. The van der Waals surface area contributed by atoms with Gasteiger partial charge in [-0.3, -0.25) is 4.79 Å². The number of hydrogen-bond acceptors (Lipinski definition) is 3. The van der Waals surface area contributed by atoms with Crippen LogP contribution in [-0.4, -0.2) is 27.9 Å². The summed E-state index contributed by atoms with van der Waals surface area (Å²) in [6.07, 6.45) is 1.53. The van der Waals surface area contributed by atoms with Gasteiger partial charge >= 0.3 is 11.9 Å². The molecule has 1 atom stereocenters. The summed E-state index contributed by atoms with van der Waals surface area (Å²) in [7, 11) is 0. The summed E-state index contributed by atoms with van der Waals surface area (Å²) in [5.41, 5.74) is 2.32. The highest BCUT2D eigenvalue weighted by molar-refractivity contribution is 7.80. The Morgan fingerprint density at radius 1 is 1.00 bits per heavy atom. The van der Waals surface area contributed by atoms with Gasteiger partial charge in [0.15, 0.2) is 0 Å². The average molecular weight is 344 g/mol. The smallest absolute Gasteiger partial charge is 0.336 e. The van der Waals surface area contributed by atoms with Crippen molar-refractivity contribution in [2.75, 3.05) is 5.75 Å². The third-order valence-corrected chi connectivity index (χ3v) is 4.29. The van der Waals surface area contributed by atoms with E-state index in [-0.39, 0.29) is 5.56 Å². The SMILES string of the molecule is O=C(O)c1cccc(C[C@@H](CCCS)C(=O)O)c1-c1ccccc1. The fourth-order valence-electron chi connectivity index (χ4n) is 2.81. The van der Waals surface area contributed by atoms with Gasteiger partial charge in [-0.05, 0) is 47.8 Å². The quantitative estimate of drug-likeness (QED) is 0.633. The molecule has 0 saturated carbocycles. The fourth-order valence-corrected chi connectivity index (χ4v) is 2.99. The number of hydrogen-bond donors (Lipinski definition) is 3. The maximum absolute atomic E-state index is 11.6. The molecule has 0 radical (unpaired) electrons. The Hall–Kier alpha value is -2.27. The van der Waals surface area contributed by atoms with Gasteiger partial charge in [0.05, 0.1) is 11.5 Å². The minimum Gasteiger partial charge on any atom is -0.481 e. The molecular formula is C19H20O4S. The fraction of sp³-hybridized carbons (Fsp3) is 0.263. The van der Waals surface area contributed by atoms with E-state index in [4.69, 9.17) is 0 Å². The predicted molar refractivity (Wildman–Crippen MR) is 96.8 cm³/mol. The highest BCUT2D eigenvalue weighted by Gasteiger charge is 2.22. The normalized spacial score (nSPS) is 11.9. The molecule has 2 N–H and O–H groups in total. The van der Waals surface area contributed by atoms with Crippen molar-refractivity contribution in [3.63, 3.8) is 0 Å². The Balaban J connectivity index is 2.47. The Bertz CT molecular complexity index is 713. The van der Waals surface area contributed by atoms with E-state index < -0.39 is 17.9 Å². The summed E-state index contributed by atoms with van der Waals surface area (Å²) in [6, 6.07) is 14.3. The zero-order chi connectivity index (χ0) is 17.5. The molecule has 0 aliphatic heterocycles. The van der Waals surface area contributed by atoms with E-state index >= 15 is 0 Å². The third kappa shape index (κ3) is 4.38. The molecule has 2 aromatic carbocycles. The minimum absolute atomic E-state index is 0.192. The molecule has 0 aliphatic rings. The Labute approximate surface area is 146 Å². The molecule has 0 aromatic heterocycles. The summed E-state index contributed by atoms with van der Waals surface area (Å²) in [6.45, 7) is 0. The van der Waals surface area contributed by atoms with Crippen LogP contribution in [0.25, 0.3) is 11.1 Å². The molecule has 5 heteroatoms. The number of thiol groups is 1. The molecule has 2 aromatic rings. The van der Waals surface area contributed by atoms with Crippen LogP contribution < -0.4 is 0 Å². The third-order valence-electron chi connectivity index (χ3n) is 3.97. The van der Waals surface area contributed by atoms with Gasteiger partial charge in [-0.1, -0.05) is 42.5 Å². The van der Waals surface area contributed by atoms with E-state index in [1.807, 2.05) is 36.4 Å². The first-order valence-corrected chi connectivity index (χ1v) is 8.42. The van der Waals surface area contributed by atoms with Crippen molar-refractivity contribution < 1.29 is 19.8 Å². The average Bonchev–Trinajstić information content (AvgIpc) is 2.58. The second-order valence-corrected chi connectivity index (χ2v) is 6.06. The Morgan fingerprint density at radius 3 is 2.29 bits per heavy atom. The van der Waals surface area contributed by atoms with E-state index in [9.17, 15) is 19.8 Å². The first kappa shape index (κ1) is 18.1. The highest BCUT2D eigenvalue weighted by atomic mass is 32.1. The summed E-state index contributed by atoms with van der Waals surface area (Å²) in [4.78, 5) is 23.1. The van der Waals surface area contributed by atoms with E-state index in [1.165, 1.54) is 0 Å². The van der Waals surface area contributed by atoms with Crippen molar-refractivity contribution in [2.45, 2.75) is 19.3 Å². The van der Waals surface area contributed by atoms with E-state index in [0.29, 0.717) is 30.6 Å². The maximum atomic E-state index is 11.6. The number of aliphatic carboxylic acids is 1. The van der Waals surface area contributed by atoms with Gasteiger partial charge in [0.2, 0.25) is 0 Å². The first-order valence-electron chi connectivity index (χ1n) is 7.79. The molecule has 4 nitrogen and oxygen atoms in total. The van der Waals surface area contributed by atoms with Crippen molar-refractivity contribution in [2.24, 2.45) is 5.92 Å². The monoisotopic (exact) mass is 344 g/mol. The van der Waals surface area contributed by atoms with Crippen molar-refractivity contribution in [1.29, 1.82) is 0 Å². The van der Waals surface area contributed by atoms with Gasteiger partial charge in [-0.2, -0.15) is 12.6 Å². The van der Waals surface area contributed by atoms with Crippen molar-refractivity contribution in [1.82, 2.24) is 0 Å². The molecular weight excluding hydrogens is 324 g/mol. The molecule has 0 spiro atoms. The zero-order valence-electron chi connectivity index (χ0n) is 13.2. The standard InChI is InChI=1S/C19H20O4S/c20-18(21)15(9-5-11-24)12-14-8-4-10-16(19(22)23)17(14)13-6-2-1-3-7-13/h1-4,6-8,10,15,24H,5,9,11-12H2,(H,20,21)(H,22,23)/t15-/m1/s1. The van der Waals surface area contributed by atoms with E-state index in [2.05, 4.69) is 12.6 Å². The van der Waals surface area contributed by atoms with Gasteiger partial charge in [0, 0.05) is 0 Å². The lowest BCUT2D eigenvalue weighted by Gasteiger charge is -2.17. The number of carboxylic acid groups (broad SMARTS) is 2. The molecule has 0 unspecified atom stereocenters. The van der Waals surface area contributed by atoms with Crippen LogP contribution in [0.2, 0.25) is 0 Å². The van der Waals surface area contributed by atoms with Crippen molar-refractivity contribution in [3.05, 3.63) is 59.7 Å². The maximum Gasteiger partial charge on any atom is 0.336 e. The lowest BCUT2D eigenvalue weighted by molar-refractivity contribution is -0.141. The molecule has 0 fully saturated rings. The molecule has 0 saturated heterocycles. The molecule has 0 bridgehead atoms. The molecule has 24 heavy (non-hydrogen) atoms. The van der Waals surface area contributed by atoms with Crippen LogP contribution in [0.3, 0.4) is 0 Å². The van der Waals surface area contributed by atoms with Gasteiger partial charge in [0.1, 0.15) is 0 Å². The van der Waals surface area contributed by atoms with Crippen LogP contribution in [0, 0.1) is 5.92 Å². The lowest BCUT2D eigenvalue weighted by atomic mass is 9.87. The number of rotatable bonds is 8. The molecule has 0 aliphatic carbocycles. The van der Waals surface area contributed by atoms with Crippen LogP contribution in [-0.2, 0) is 11.2 Å². The predicted octanol–water partition coefficient (Wildman–Crippen LogP) is 4.01. The van der Waals surface area contributed by atoms with Crippen LogP contribution in [0.1, 0.15) is 28.8 Å². The van der Waals surface area contributed by atoms with Crippen LogP contribution >= 0.6 is 12.6 Å². The summed E-state index contributed by atoms with van der Waals surface area (Å²) < 4.78 is 0. The summed E-state index contributed by atoms with van der Waals surface area (Å²) >= 11 is 4.14. The number of benzene rings is 2. The second-order valence-electron chi connectivity index (χ2n) is 5.62. The highest BCUT2D eigenvalue weighted by Crippen LogP contribution is 2.30. The van der Waals surface area contributed by atoms with Crippen LogP contribution in [0.5, 0.6) is 0 Å². The van der Waals surface area contributed by atoms with Gasteiger partial charge < -0.3 is 10.2 Å². The Kier molecular flexibility index (Phi) is 6.44. The number of carbonyl (C=O) groups is 2. The first-order chi connectivity index (χ1) is 11.5. The summed E-state index contributed by atoms with van der Waals surface area (Å²) in [5, 5.41) is 19.0. The zero-order valence-corrected chi connectivity index (χ0v) is 14.1. The topological polar surface area (TPSA) is 74.6 Å². The second kappa shape index (κ2) is 8.55. The Morgan fingerprint density at radius 2 is 1.71 bits per heavy atom. The largest absolute Gasteiger partial charge is 0.481 e. The van der Waals surface area contributed by atoms with Crippen LogP contribution in [0.15, 0.2) is 48.5 Å². The molecule has 0 amide bonds.